The molecule has 0 spiro atoms. The zero-order valence-corrected chi connectivity index (χ0v) is 5.84. The molecular formula is C8H7FN2. The molecule has 0 fully saturated rings. The second kappa shape index (κ2) is 3.57. The van der Waals surface area contributed by atoms with Crippen molar-refractivity contribution in [3.05, 3.63) is 41.5 Å². The maximum Gasteiger partial charge on any atom is 0.287 e. The Morgan fingerprint density at radius 3 is 2.55 bits per heavy atom. The Hall–Kier alpha value is -1.56. The Bertz CT molecular complexity index is 260. The van der Waals surface area contributed by atoms with Crippen LogP contribution in [0, 0.1) is 12.4 Å². The molecule has 1 aromatic carbocycles. The summed E-state index contributed by atoms with van der Waals surface area (Å²) in [5.74, 6) is -0.265. The molecule has 0 aliphatic carbocycles. The SMILES string of the molecule is [C-]#[N+]CNc1ccc(F)cc1. The number of nitrogens with one attached hydrogen (secondary N) is 1. The van der Waals surface area contributed by atoms with Crippen molar-refractivity contribution in [2.24, 2.45) is 0 Å². The van der Waals surface area contributed by atoms with Crippen molar-refractivity contribution in [2.75, 3.05) is 12.0 Å². The van der Waals surface area contributed by atoms with Gasteiger partial charge in [-0.25, -0.2) is 11.0 Å². The minimum atomic E-state index is -0.265. The Morgan fingerprint density at radius 2 is 2.00 bits per heavy atom. The lowest BCUT2D eigenvalue weighted by molar-refractivity contribution is 0.628. The van der Waals surface area contributed by atoms with Gasteiger partial charge in [0.2, 0.25) is 0 Å². The molecule has 0 bridgehead atoms. The van der Waals surface area contributed by atoms with E-state index in [4.69, 9.17) is 6.57 Å². The smallest absolute Gasteiger partial charge is 0.287 e. The third-order valence-electron chi connectivity index (χ3n) is 1.21. The second-order valence-electron chi connectivity index (χ2n) is 2.00. The molecule has 1 rings (SSSR count). The monoisotopic (exact) mass is 150 g/mol. The van der Waals surface area contributed by atoms with E-state index in [9.17, 15) is 4.39 Å². The van der Waals surface area contributed by atoms with Crippen molar-refractivity contribution in [2.45, 2.75) is 0 Å². The molecule has 0 radical (unpaired) electrons. The van der Waals surface area contributed by atoms with Crippen LogP contribution in [-0.2, 0) is 0 Å². The third-order valence-corrected chi connectivity index (χ3v) is 1.21. The van der Waals surface area contributed by atoms with Crippen molar-refractivity contribution < 1.29 is 4.39 Å². The Kier molecular flexibility index (Phi) is 2.45. The highest BCUT2D eigenvalue weighted by Crippen LogP contribution is 2.07. The maximum absolute atomic E-state index is 12.3. The zero-order chi connectivity index (χ0) is 8.10. The van der Waals surface area contributed by atoms with E-state index in [1.54, 1.807) is 12.1 Å². The third kappa shape index (κ3) is 2.26. The lowest BCUT2D eigenvalue weighted by Crippen LogP contribution is -1.95. The molecule has 0 amide bonds. The molecule has 56 valence electrons. The van der Waals surface area contributed by atoms with E-state index in [1.165, 1.54) is 12.1 Å². The fourth-order valence-corrected chi connectivity index (χ4v) is 0.699. The number of anilines is 1. The minimum absolute atomic E-state index is 0.228. The van der Waals surface area contributed by atoms with E-state index in [0.717, 1.165) is 5.69 Å². The van der Waals surface area contributed by atoms with Gasteiger partial charge in [0.15, 0.2) is 0 Å². The predicted molar refractivity (Wildman–Crippen MR) is 41.5 cm³/mol. The van der Waals surface area contributed by atoms with Gasteiger partial charge in [0.25, 0.3) is 6.67 Å². The van der Waals surface area contributed by atoms with Crippen LogP contribution < -0.4 is 5.32 Å². The highest BCUT2D eigenvalue weighted by Gasteiger charge is 1.91. The number of hydrogen-bond donors (Lipinski definition) is 1. The topological polar surface area (TPSA) is 16.4 Å². The van der Waals surface area contributed by atoms with E-state index in [-0.39, 0.29) is 12.5 Å². The summed E-state index contributed by atoms with van der Waals surface area (Å²) in [7, 11) is 0. The van der Waals surface area contributed by atoms with Crippen LogP contribution >= 0.6 is 0 Å². The summed E-state index contributed by atoms with van der Waals surface area (Å²) in [5.41, 5.74) is 0.766. The summed E-state index contributed by atoms with van der Waals surface area (Å²) in [5, 5.41) is 2.80. The van der Waals surface area contributed by atoms with Gasteiger partial charge >= 0.3 is 0 Å². The average molecular weight is 150 g/mol. The first-order valence-corrected chi connectivity index (χ1v) is 3.15. The molecule has 1 N–H and O–H groups in total. The van der Waals surface area contributed by atoms with Gasteiger partial charge in [-0.05, 0) is 24.3 Å². The maximum atomic E-state index is 12.3. The Morgan fingerprint density at radius 1 is 1.36 bits per heavy atom. The van der Waals surface area contributed by atoms with Crippen molar-refractivity contribution in [3.63, 3.8) is 0 Å². The number of hydrogen-bond acceptors (Lipinski definition) is 1. The van der Waals surface area contributed by atoms with Gasteiger partial charge < -0.3 is 5.32 Å². The molecule has 0 aliphatic heterocycles. The van der Waals surface area contributed by atoms with Gasteiger partial charge in [0.1, 0.15) is 5.82 Å². The molecule has 0 saturated carbocycles. The van der Waals surface area contributed by atoms with Gasteiger partial charge in [0, 0.05) is 5.69 Å². The van der Waals surface area contributed by atoms with Gasteiger partial charge in [-0.3, -0.25) is 4.85 Å². The number of nitrogens with zero attached hydrogens (tertiary/aromatic N) is 1. The largest absolute Gasteiger partial charge is 0.319 e. The molecule has 0 heterocycles. The fourth-order valence-electron chi connectivity index (χ4n) is 0.699. The van der Waals surface area contributed by atoms with E-state index in [0.29, 0.717) is 0 Å². The van der Waals surface area contributed by atoms with Gasteiger partial charge in [-0.1, -0.05) is 0 Å². The predicted octanol–water partition coefficient (Wildman–Crippen LogP) is 2.11. The molecule has 2 nitrogen and oxygen atoms in total. The first kappa shape index (κ1) is 7.55. The fraction of sp³-hybridized carbons (Fsp3) is 0.125. The molecular weight excluding hydrogens is 143 g/mol. The van der Waals surface area contributed by atoms with Crippen LogP contribution in [0.2, 0.25) is 0 Å². The van der Waals surface area contributed by atoms with Crippen LogP contribution in [0.4, 0.5) is 10.1 Å². The molecule has 1 aromatic rings. The summed E-state index contributed by atoms with van der Waals surface area (Å²) < 4.78 is 12.3. The molecule has 0 aliphatic rings. The molecule has 0 saturated heterocycles. The van der Waals surface area contributed by atoms with E-state index >= 15 is 0 Å². The number of halogens is 1. The lowest BCUT2D eigenvalue weighted by atomic mass is 10.3. The van der Waals surface area contributed by atoms with Gasteiger partial charge in [-0.2, -0.15) is 0 Å². The Labute approximate surface area is 64.5 Å². The first-order chi connectivity index (χ1) is 5.33. The summed E-state index contributed by atoms with van der Waals surface area (Å²) in [6.45, 7) is 6.71. The summed E-state index contributed by atoms with van der Waals surface area (Å²) in [4.78, 5) is 3.10. The van der Waals surface area contributed by atoms with Crippen LogP contribution in [-0.4, -0.2) is 6.67 Å². The van der Waals surface area contributed by atoms with Crippen LogP contribution in [0.5, 0.6) is 0 Å². The highest BCUT2D eigenvalue weighted by atomic mass is 19.1. The molecule has 11 heavy (non-hydrogen) atoms. The molecule has 0 atom stereocenters. The lowest BCUT2D eigenvalue weighted by Gasteiger charge is -1.97. The van der Waals surface area contributed by atoms with E-state index in [1.807, 2.05) is 0 Å². The van der Waals surface area contributed by atoms with Crippen molar-refractivity contribution >= 4 is 5.69 Å². The van der Waals surface area contributed by atoms with E-state index in [2.05, 4.69) is 10.2 Å². The van der Waals surface area contributed by atoms with Gasteiger partial charge in [-0.15, -0.1) is 0 Å². The quantitative estimate of drug-likeness (QED) is 0.638. The first-order valence-electron chi connectivity index (χ1n) is 3.15. The summed E-state index contributed by atoms with van der Waals surface area (Å²) >= 11 is 0. The number of rotatable bonds is 2. The Balaban J connectivity index is 2.60. The molecule has 3 heteroatoms. The minimum Gasteiger partial charge on any atom is -0.319 e. The van der Waals surface area contributed by atoms with Crippen molar-refractivity contribution in [1.29, 1.82) is 0 Å². The number of benzene rings is 1. The van der Waals surface area contributed by atoms with E-state index < -0.39 is 0 Å². The highest BCUT2D eigenvalue weighted by molar-refractivity contribution is 5.42. The van der Waals surface area contributed by atoms with Crippen LogP contribution in [0.15, 0.2) is 24.3 Å². The normalized spacial score (nSPS) is 8.73. The van der Waals surface area contributed by atoms with Crippen LogP contribution in [0.3, 0.4) is 0 Å². The van der Waals surface area contributed by atoms with Crippen molar-refractivity contribution in [3.8, 4) is 0 Å². The van der Waals surface area contributed by atoms with Crippen molar-refractivity contribution in [1.82, 2.24) is 0 Å². The van der Waals surface area contributed by atoms with Crippen LogP contribution in [0.25, 0.3) is 4.85 Å². The molecule has 0 aromatic heterocycles. The molecule has 0 unspecified atom stereocenters. The zero-order valence-electron chi connectivity index (χ0n) is 5.84. The van der Waals surface area contributed by atoms with Gasteiger partial charge in [0.05, 0.1) is 0 Å². The second-order valence-corrected chi connectivity index (χ2v) is 2.00. The summed E-state index contributed by atoms with van der Waals surface area (Å²) in [6, 6.07) is 5.90. The summed E-state index contributed by atoms with van der Waals surface area (Å²) in [6.07, 6.45) is 0. The van der Waals surface area contributed by atoms with Crippen LogP contribution in [0.1, 0.15) is 0 Å². The standard InChI is InChI=1S/C8H7FN2/c1-10-6-11-8-4-2-7(9)3-5-8/h2-5,11H,6H2. The average Bonchev–Trinajstić information content (AvgIpc) is 2.04.